The van der Waals surface area contributed by atoms with Gasteiger partial charge in [-0.2, -0.15) is 5.26 Å². The van der Waals surface area contributed by atoms with E-state index in [0.29, 0.717) is 17.4 Å². The molecule has 0 saturated carbocycles. The number of nitriles is 1. The lowest BCUT2D eigenvalue weighted by Gasteiger charge is -2.06. The van der Waals surface area contributed by atoms with Crippen LogP contribution in [-0.2, 0) is 0 Å². The Morgan fingerprint density at radius 3 is 2.40 bits per heavy atom. The predicted molar refractivity (Wildman–Crippen MR) is 96.0 cm³/mol. The van der Waals surface area contributed by atoms with Crippen LogP contribution >= 0.6 is 0 Å². The van der Waals surface area contributed by atoms with Crippen molar-refractivity contribution in [3.63, 3.8) is 0 Å². The zero-order chi connectivity index (χ0) is 17.8. The van der Waals surface area contributed by atoms with Crippen LogP contribution < -0.4 is 0 Å². The third kappa shape index (κ3) is 3.64. The molecule has 0 atom stereocenters. The molecule has 2 aromatic carbocycles. The van der Waals surface area contributed by atoms with Crippen molar-refractivity contribution < 1.29 is 4.39 Å². The molecule has 0 spiro atoms. The number of aliphatic imine (C=N–C) groups is 1. The smallest absolute Gasteiger partial charge is 0.185 e. The van der Waals surface area contributed by atoms with Crippen LogP contribution in [0.15, 0.2) is 59.9 Å². The molecular formula is C20H17FN4. The standard InChI is InChI=1S/C20H17FN4/c1-14(2)16-5-3-15(4-6-16)12-23-20-19(11-22)24-13-25(20)18-9-7-17(21)8-10-18/h3-10,12-14H,1-2H3. The highest BCUT2D eigenvalue weighted by atomic mass is 19.1. The molecule has 0 amide bonds. The van der Waals surface area contributed by atoms with Crippen LogP contribution in [0.5, 0.6) is 0 Å². The van der Waals surface area contributed by atoms with Gasteiger partial charge in [-0.25, -0.2) is 14.4 Å². The molecule has 3 rings (SSSR count). The second-order valence-electron chi connectivity index (χ2n) is 5.95. The van der Waals surface area contributed by atoms with E-state index in [1.165, 1.54) is 24.0 Å². The van der Waals surface area contributed by atoms with E-state index in [4.69, 9.17) is 0 Å². The molecule has 0 unspecified atom stereocenters. The van der Waals surface area contributed by atoms with Gasteiger partial charge in [-0.1, -0.05) is 38.1 Å². The maximum Gasteiger partial charge on any atom is 0.185 e. The number of aromatic nitrogens is 2. The SMILES string of the molecule is CC(C)c1ccc(C=Nc2c(C#N)ncn2-c2ccc(F)cc2)cc1. The Morgan fingerprint density at radius 1 is 1.12 bits per heavy atom. The van der Waals surface area contributed by atoms with Crippen molar-refractivity contribution in [2.24, 2.45) is 4.99 Å². The molecule has 0 aliphatic heterocycles. The van der Waals surface area contributed by atoms with E-state index >= 15 is 0 Å². The Labute approximate surface area is 145 Å². The first-order valence-corrected chi connectivity index (χ1v) is 7.96. The van der Waals surface area contributed by atoms with Crippen LogP contribution in [0.4, 0.5) is 10.2 Å². The monoisotopic (exact) mass is 332 g/mol. The van der Waals surface area contributed by atoms with Crippen molar-refractivity contribution >= 4 is 12.0 Å². The Balaban J connectivity index is 1.95. The Bertz CT molecular complexity index is 929. The van der Waals surface area contributed by atoms with Gasteiger partial charge in [-0.05, 0) is 41.3 Å². The molecule has 4 nitrogen and oxygen atoms in total. The Hall–Kier alpha value is -3.26. The number of halogens is 1. The van der Waals surface area contributed by atoms with Gasteiger partial charge in [0.2, 0.25) is 0 Å². The van der Waals surface area contributed by atoms with Crippen molar-refractivity contribution in [3.8, 4) is 11.8 Å². The third-order valence-corrected chi connectivity index (χ3v) is 3.89. The first-order chi connectivity index (χ1) is 12.1. The van der Waals surface area contributed by atoms with Crippen molar-refractivity contribution in [1.82, 2.24) is 9.55 Å². The predicted octanol–water partition coefficient (Wildman–Crippen LogP) is 4.76. The molecule has 3 aromatic rings. The first-order valence-electron chi connectivity index (χ1n) is 7.96. The molecule has 0 aliphatic rings. The summed E-state index contributed by atoms with van der Waals surface area (Å²) in [5, 5.41) is 9.26. The highest BCUT2D eigenvalue weighted by Gasteiger charge is 2.11. The van der Waals surface area contributed by atoms with Crippen LogP contribution in [0, 0.1) is 17.1 Å². The van der Waals surface area contributed by atoms with Gasteiger partial charge in [0.1, 0.15) is 18.2 Å². The fourth-order valence-corrected chi connectivity index (χ4v) is 2.44. The lowest BCUT2D eigenvalue weighted by atomic mass is 10.0. The van der Waals surface area contributed by atoms with Gasteiger partial charge in [0, 0.05) is 11.9 Å². The fraction of sp³-hybridized carbons (Fsp3) is 0.150. The van der Waals surface area contributed by atoms with Gasteiger partial charge in [-0.3, -0.25) is 4.57 Å². The van der Waals surface area contributed by atoms with E-state index in [1.807, 2.05) is 18.2 Å². The molecule has 0 aliphatic carbocycles. The number of hydrogen-bond donors (Lipinski definition) is 0. The Kier molecular flexibility index (Phi) is 4.71. The van der Waals surface area contributed by atoms with E-state index in [1.54, 1.807) is 22.9 Å². The van der Waals surface area contributed by atoms with E-state index in [2.05, 4.69) is 36.0 Å². The number of hydrogen-bond acceptors (Lipinski definition) is 3. The van der Waals surface area contributed by atoms with Crippen molar-refractivity contribution in [2.75, 3.05) is 0 Å². The van der Waals surface area contributed by atoms with Crippen molar-refractivity contribution in [3.05, 3.63) is 77.5 Å². The largest absolute Gasteiger partial charge is 0.283 e. The summed E-state index contributed by atoms with van der Waals surface area (Å²) in [6.07, 6.45) is 3.21. The molecule has 25 heavy (non-hydrogen) atoms. The van der Waals surface area contributed by atoms with E-state index in [9.17, 15) is 9.65 Å². The second kappa shape index (κ2) is 7.10. The normalized spacial score (nSPS) is 11.2. The summed E-state index contributed by atoms with van der Waals surface area (Å²) in [6.45, 7) is 4.28. The number of rotatable bonds is 4. The quantitative estimate of drug-likeness (QED) is 0.647. The third-order valence-electron chi connectivity index (χ3n) is 3.89. The van der Waals surface area contributed by atoms with Crippen LogP contribution in [0.1, 0.15) is 36.6 Å². The average molecular weight is 332 g/mol. The zero-order valence-electron chi connectivity index (χ0n) is 14.0. The van der Waals surface area contributed by atoms with Crippen LogP contribution in [-0.4, -0.2) is 15.8 Å². The summed E-state index contributed by atoms with van der Waals surface area (Å²) < 4.78 is 14.8. The van der Waals surface area contributed by atoms with Crippen LogP contribution in [0.25, 0.3) is 5.69 Å². The summed E-state index contributed by atoms with van der Waals surface area (Å²) in [5.74, 6) is 0.567. The maximum absolute atomic E-state index is 13.1. The molecule has 0 radical (unpaired) electrons. The van der Waals surface area contributed by atoms with Gasteiger partial charge in [-0.15, -0.1) is 0 Å². The lowest BCUT2D eigenvalue weighted by Crippen LogP contribution is -1.93. The molecule has 1 heterocycles. The van der Waals surface area contributed by atoms with E-state index in [-0.39, 0.29) is 11.5 Å². The summed E-state index contributed by atoms with van der Waals surface area (Å²) >= 11 is 0. The minimum atomic E-state index is -0.320. The second-order valence-corrected chi connectivity index (χ2v) is 5.95. The molecular weight excluding hydrogens is 315 g/mol. The Morgan fingerprint density at radius 2 is 1.80 bits per heavy atom. The first kappa shape index (κ1) is 16.6. The number of benzene rings is 2. The molecule has 1 aromatic heterocycles. The summed E-state index contributed by atoms with van der Waals surface area (Å²) in [4.78, 5) is 8.52. The molecule has 0 fully saturated rings. The van der Waals surface area contributed by atoms with Gasteiger partial charge in [0.15, 0.2) is 11.5 Å². The summed E-state index contributed by atoms with van der Waals surface area (Å²) in [6, 6.07) is 16.1. The molecule has 124 valence electrons. The summed E-state index contributed by atoms with van der Waals surface area (Å²) in [7, 11) is 0. The molecule has 0 saturated heterocycles. The number of imidazole rings is 1. The highest BCUT2D eigenvalue weighted by Crippen LogP contribution is 2.23. The highest BCUT2D eigenvalue weighted by molar-refractivity contribution is 5.82. The van der Waals surface area contributed by atoms with E-state index in [0.717, 1.165) is 5.56 Å². The zero-order valence-corrected chi connectivity index (χ0v) is 14.0. The maximum atomic E-state index is 13.1. The van der Waals surface area contributed by atoms with Gasteiger partial charge in [0.25, 0.3) is 0 Å². The van der Waals surface area contributed by atoms with Crippen molar-refractivity contribution in [1.29, 1.82) is 5.26 Å². The number of nitrogens with zero attached hydrogens (tertiary/aromatic N) is 4. The van der Waals surface area contributed by atoms with Gasteiger partial charge >= 0.3 is 0 Å². The van der Waals surface area contributed by atoms with Crippen molar-refractivity contribution in [2.45, 2.75) is 19.8 Å². The molecule has 0 N–H and O–H groups in total. The fourth-order valence-electron chi connectivity index (χ4n) is 2.44. The summed E-state index contributed by atoms with van der Waals surface area (Å²) in [5.41, 5.74) is 3.10. The molecule has 5 heteroatoms. The topological polar surface area (TPSA) is 54.0 Å². The van der Waals surface area contributed by atoms with Gasteiger partial charge in [0.05, 0.1) is 0 Å². The lowest BCUT2D eigenvalue weighted by molar-refractivity contribution is 0.627. The van der Waals surface area contributed by atoms with Gasteiger partial charge < -0.3 is 0 Å². The van der Waals surface area contributed by atoms with Crippen LogP contribution in [0.3, 0.4) is 0 Å². The van der Waals surface area contributed by atoms with E-state index < -0.39 is 0 Å². The minimum absolute atomic E-state index is 0.222. The molecule has 0 bridgehead atoms. The van der Waals surface area contributed by atoms with Crippen LogP contribution in [0.2, 0.25) is 0 Å². The average Bonchev–Trinajstić information content (AvgIpc) is 3.04. The minimum Gasteiger partial charge on any atom is -0.283 e.